The van der Waals surface area contributed by atoms with Crippen molar-refractivity contribution in [2.24, 2.45) is 5.73 Å². The zero-order valence-electron chi connectivity index (χ0n) is 15.9. The molecular formula is C21H25N5O. The Balaban J connectivity index is 1.75. The van der Waals surface area contributed by atoms with Crippen LogP contribution in [0.4, 0.5) is 0 Å². The summed E-state index contributed by atoms with van der Waals surface area (Å²) in [6.45, 7) is 6.42. The average Bonchev–Trinajstić information content (AvgIpc) is 3.08. The molecule has 3 rings (SSSR count). The van der Waals surface area contributed by atoms with Crippen molar-refractivity contribution in [3.63, 3.8) is 0 Å². The number of nitrogens with zero attached hydrogens (tertiary/aromatic N) is 3. The van der Waals surface area contributed by atoms with E-state index in [4.69, 9.17) is 5.73 Å². The van der Waals surface area contributed by atoms with Gasteiger partial charge >= 0.3 is 0 Å². The number of rotatable bonds is 6. The van der Waals surface area contributed by atoms with E-state index in [1.165, 1.54) is 0 Å². The van der Waals surface area contributed by atoms with E-state index in [0.717, 1.165) is 16.8 Å². The van der Waals surface area contributed by atoms with E-state index < -0.39 is 0 Å². The first-order valence-corrected chi connectivity index (χ1v) is 9.09. The van der Waals surface area contributed by atoms with Gasteiger partial charge in [0.1, 0.15) is 5.82 Å². The molecule has 1 unspecified atom stereocenters. The van der Waals surface area contributed by atoms with Crippen molar-refractivity contribution in [1.82, 2.24) is 20.1 Å². The minimum Gasteiger partial charge on any atom is -0.347 e. The molecule has 1 amide bonds. The van der Waals surface area contributed by atoms with Crippen LogP contribution in [0.3, 0.4) is 0 Å². The van der Waals surface area contributed by atoms with Crippen LogP contribution in [0.2, 0.25) is 0 Å². The zero-order chi connectivity index (χ0) is 19.4. The van der Waals surface area contributed by atoms with E-state index >= 15 is 0 Å². The molecule has 0 fully saturated rings. The molecule has 140 valence electrons. The number of aryl methyl sites for hydroxylation is 1. The third-order valence-electron chi connectivity index (χ3n) is 4.47. The average molecular weight is 363 g/mol. The van der Waals surface area contributed by atoms with E-state index in [9.17, 15) is 4.79 Å². The Labute approximate surface area is 159 Å². The number of nitrogens with one attached hydrogen (secondary N) is 1. The lowest BCUT2D eigenvalue weighted by atomic mass is 10.0. The second kappa shape index (κ2) is 8.14. The Hall–Kier alpha value is -2.99. The molecular weight excluding hydrogens is 338 g/mol. The molecule has 0 bridgehead atoms. The Morgan fingerprint density at radius 1 is 1.11 bits per heavy atom. The molecule has 3 N–H and O–H groups in total. The summed E-state index contributed by atoms with van der Waals surface area (Å²) in [4.78, 5) is 16.8. The number of hydrogen-bond acceptors (Lipinski definition) is 4. The summed E-state index contributed by atoms with van der Waals surface area (Å²) in [6, 6.07) is 17.4. The highest BCUT2D eigenvalue weighted by molar-refractivity contribution is 5.90. The number of aromatic nitrogens is 3. The molecule has 0 saturated heterocycles. The Morgan fingerprint density at radius 2 is 1.78 bits per heavy atom. The van der Waals surface area contributed by atoms with Crippen molar-refractivity contribution in [3.05, 3.63) is 77.4 Å². The van der Waals surface area contributed by atoms with Gasteiger partial charge in [0.05, 0.1) is 5.69 Å². The van der Waals surface area contributed by atoms with Crippen LogP contribution in [0.1, 0.15) is 53.4 Å². The molecule has 0 aliphatic rings. The molecule has 0 spiro atoms. The van der Waals surface area contributed by atoms with Gasteiger partial charge in [0.2, 0.25) is 5.82 Å². The van der Waals surface area contributed by atoms with Gasteiger partial charge in [-0.15, -0.1) is 5.10 Å². The summed E-state index contributed by atoms with van der Waals surface area (Å²) in [5.74, 6) is 0.822. The molecule has 0 aliphatic carbocycles. The van der Waals surface area contributed by atoms with Gasteiger partial charge in [-0.3, -0.25) is 4.79 Å². The van der Waals surface area contributed by atoms with Gasteiger partial charge in [0, 0.05) is 12.6 Å². The Kier molecular flexibility index (Phi) is 5.66. The van der Waals surface area contributed by atoms with Crippen molar-refractivity contribution in [1.29, 1.82) is 0 Å². The largest absolute Gasteiger partial charge is 0.347 e. The van der Waals surface area contributed by atoms with Gasteiger partial charge in [-0.1, -0.05) is 62.4 Å². The fourth-order valence-corrected chi connectivity index (χ4v) is 2.98. The molecule has 0 aliphatic heterocycles. The summed E-state index contributed by atoms with van der Waals surface area (Å²) in [5, 5.41) is 7.25. The molecule has 0 radical (unpaired) electrons. The minimum absolute atomic E-state index is 0.145. The van der Waals surface area contributed by atoms with Gasteiger partial charge in [0.25, 0.3) is 5.91 Å². The van der Waals surface area contributed by atoms with Gasteiger partial charge in [0.15, 0.2) is 0 Å². The summed E-state index contributed by atoms with van der Waals surface area (Å²) in [7, 11) is 0. The van der Waals surface area contributed by atoms with E-state index in [-0.39, 0.29) is 17.8 Å². The predicted molar refractivity (Wildman–Crippen MR) is 106 cm³/mol. The highest BCUT2D eigenvalue weighted by Gasteiger charge is 2.18. The lowest BCUT2D eigenvalue weighted by Gasteiger charge is -2.13. The number of carbonyl (C=O) groups excluding carboxylic acids is 1. The zero-order valence-corrected chi connectivity index (χ0v) is 15.9. The summed E-state index contributed by atoms with van der Waals surface area (Å²) >= 11 is 0. The first-order chi connectivity index (χ1) is 13.0. The number of benzene rings is 2. The van der Waals surface area contributed by atoms with E-state index in [0.29, 0.717) is 18.3 Å². The quantitative estimate of drug-likeness (QED) is 0.704. The Morgan fingerprint density at radius 3 is 2.48 bits per heavy atom. The third kappa shape index (κ3) is 4.23. The second-order valence-electron chi connectivity index (χ2n) is 6.84. The van der Waals surface area contributed by atoms with E-state index in [1.54, 1.807) is 4.68 Å². The van der Waals surface area contributed by atoms with Crippen molar-refractivity contribution in [2.75, 3.05) is 6.54 Å². The standard InChI is InChI=1S/C21H25N5O/c1-14(2)17-11-7-8-12-19(17)26-15(3)24-20(25-26)21(27)23-13-18(22)16-9-5-4-6-10-16/h4-12,14,18H,13,22H2,1-3H3,(H,23,27). The van der Waals surface area contributed by atoms with Crippen LogP contribution in [0.25, 0.3) is 5.69 Å². The van der Waals surface area contributed by atoms with Crippen LogP contribution in [0, 0.1) is 6.92 Å². The smallest absolute Gasteiger partial charge is 0.291 e. The van der Waals surface area contributed by atoms with Crippen molar-refractivity contribution >= 4 is 5.91 Å². The topological polar surface area (TPSA) is 85.8 Å². The molecule has 1 heterocycles. The maximum Gasteiger partial charge on any atom is 0.291 e. The molecule has 0 saturated carbocycles. The third-order valence-corrected chi connectivity index (χ3v) is 4.47. The van der Waals surface area contributed by atoms with Gasteiger partial charge < -0.3 is 11.1 Å². The van der Waals surface area contributed by atoms with Gasteiger partial charge in [-0.2, -0.15) is 0 Å². The van der Waals surface area contributed by atoms with Crippen LogP contribution in [0.15, 0.2) is 54.6 Å². The van der Waals surface area contributed by atoms with Crippen molar-refractivity contribution in [2.45, 2.75) is 32.7 Å². The normalized spacial score (nSPS) is 12.2. The first kappa shape index (κ1) is 18.8. The van der Waals surface area contributed by atoms with Crippen LogP contribution in [-0.4, -0.2) is 27.2 Å². The predicted octanol–water partition coefficient (Wildman–Crippen LogP) is 3.13. The Bertz CT molecular complexity index is 917. The van der Waals surface area contributed by atoms with Crippen LogP contribution in [0.5, 0.6) is 0 Å². The lowest BCUT2D eigenvalue weighted by Crippen LogP contribution is -2.32. The number of para-hydroxylation sites is 1. The molecule has 1 aromatic heterocycles. The first-order valence-electron chi connectivity index (χ1n) is 9.09. The van der Waals surface area contributed by atoms with Crippen LogP contribution in [-0.2, 0) is 0 Å². The molecule has 2 aromatic carbocycles. The fourth-order valence-electron chi connectivity index (χ4n) is 2.98. The maximum absolute atomic E-state index is 12.5. The van der Waals surface area contributed by atoms with Crippen LogP contribution < -0.4 is 11.1 Å². The number of nitrogens with two attached hydrogens (primary N) is 1. The highest BCUT2D eigenvalue weighted by Crippen LogP contribution is 2.23. The summed E-state index contributed by atoms with van der Waals surface area (Å²) < 4.78 is 1.72. The van der Waals surface area contributed by atoms with E-state index in [2.05, 4.69) is 35.3 Å². The molecule has 6 heteroatoms. The number of carbonyl (C=O) groups is 1. The lowest BCUT2D eigenvalue weighted by molar-refractivity contribution is 0.0941. The van der Waals surface area contributed by atoms with E-state index in [1.807, 2.05) is 55.5 Å². The molecule has 6 nitrogen and oxygen atoms in total. The van der Waals surface area contributed by atoms with Crippen molar-refractivity contribution < 1.29 is 4.79 Å². The summed E-state index contributed by atoms with van der Waals surface area (Å²) in [6.07, 6.45) is 0. The SMILES string of the molecule is Cc1nc(C(=O)NCC(N)c2ccccc2)nn1-c1ccccc1C(C)C. The summed E-state index contributed by atoms with van der Waals surface area (Å²) in [5.41, 5.74) is 9.21. The van der Waals surface area contributed by atoms with Crippen LogP contribution >= 0.6 is 0 Å². The monoisotopic (exact) mass is 363 g/mol. The number of hydrogen-bond donors (Lipinski definition) is 2. The van der Waals surface area contributed by atoms with Gasteiger partial charge in [-0.05, 0) is 30.0 Å². The number of amides is 1. The highest BCUT2D eigenvalue weighted by atomic mass is 16.2. The fraction of sp³-hybridized carbons (Fsp3) is 0.286. The second-order valence-corrected chi connectivity index (χ2v) is 6.84. The minimum atomic E-state index is -0.328. The maximum atomic E-state index is 12.5. The molecule has 3 aromatic rings. The van der Waals surface area contributed by atoms with Crippen molar-refractivity contribution in [3.8, 4) is 5.69 Å². The molecule has 27 heavy (non-hydrogen) atoms. The molecule has 1 atom stereocenters. The van der Waals surface area contributed by atoms with Gasteiger partial charge in [-0.25, -0.2) is 9.67 Å².